The summed E-state index contributed by atoms with van der Waals surface area (Å²) in [6.07, 6.45) is 0. The van der Waals surface area contributed by atoms with Gasteiger partial charge in [-0.05, 0) is 19.4 Å². The summed E-state index contributed by atoms with van der Waals surface area (Å²) in [6, 6.07) is 12.2. The van der Waals surface area contributed by atoms with Crippen LogP contribution in [0.5, 0.6) is 0 Å². The number of benzene rings is 1. The summed E-state index contributed by atoms with van der Waals surface area (Å²) in [4.78, 5) is 0. The van der Waals surface area contributed by atoms with Crippen molar-refractivity contribution in [1.29, 1.82) is 5.26 Å². The second kappa shape index (κ2) is 5.08. The van der Waals surface area contributed by atoms with E-state index in [4.69, 9.17) is 5.26 Å². The van der Waals surface area contributed by atoms with E-state index >= 15 is 0 Å². The van der Waals surface area contributed by atoms with E-state index in [9.17, 15) is 0 Å². The highest BCUT2D eigenvalue weighted by Crippen LogP contribution is 2.02. The minimum absolute atomic E-state index is 0.737. The summed E-state index contributed by atoms with van der Waals surface area (Å²) in [5.74, 6) is 0. The molecule has 0 spiro atoms. The Balaban J connectivity index is 2.55. The number of hydrogen-bond acceptors (Lipinski definition) is 2. The topological polar surface area (TPSA) is 35.8 Å². The summed E-state index contributed by atoms with van der Waals surface area (Å²) >= 11 is 0. The molecule has 2 nitrogen and oxygen atoms in total. The van der Waals surface area contributed by atoms with Crippen LogP contribution in [-0.4, -0.2) is 0 Å². The van der Waals surface area contributed by atoms with Crippen LogP contribution in [0.2, 0.25) is 0 Å². The molecule has 14 heavy (non-hydrogen) atoms. The van der Waals surface area contributed by atoms with E-state index in [2.05, 4.69) is 23.5 Å². The molecule has 1 N–H and O–H groups in total. The van der Waals surface area contributed by atoms with E-state index in [1.165, 1.54) is 5.56 Å². The first kappa shape index (κ1) is 10.3. The van der Waals surface area contributed by atoms with Gasteiger partial charge in [0.1, 0.15) is 0 Å². The maximum absolute atomic E-state index is 8.65. The Hall–Kier alpha value is -1.75. The number of allylic oxidation sites excluding steroid dienone is 2. The van der Waals surface area contributed by atoms with Gasteiger partial charge in [0.05, 0.1) is 6.07 Å². The Kier molecular flexibility index (Phi) is 3.75. The zero-order chi connectivity index (χ0) is 10.4. The highest BCUT2D eigenvalue weighted by Gasteiger charge is 1.95. The molecule has 0 aliphatic heterocycles. The average Bonchev–Trinajstić information content (AvgIpc) is 2.26. The molecule has 0 saturated heterocycles. The molecule has 0 fully saturated rings. The van der Waals surface area contributed by atoms with Crippen LogP contribution in [0.15, 0.2) is 41.6 Å². The van der Waals surface area contributed by atoms with Crippen molar-refractivity contribution in [2.24, 2.45) is 0 Å². The van der Waals surface area contributed by atoms with Crippen molar-refractivity contribution in [3.05, 3.63) is 47.2 Å². The monoisotopic (exact) mass is 186 g/mol. The molecule has 0 heterocycles. The number of nitrogens with one attached hydrogen (secondary N) is 1. The van der Waals surface area contributed by atoms with Gasteiger partial charge in [0, 0.05) is 17.8 Å². The van der Waals surface area contributed by atoms with Crippen LogP contribution in [-0.2, 0) is 6.54 Å². The van der Waals surface area contributed by atoms with Gasteiger partial charge < -0.3 is 5.32 Å². The normalized spacial score (nSPS) is 11.5. The molecule has 72 valence electrons. The van der Waals surface area contributed by atoms with E-state index in [0.717, 1.165) is 17.8 Å². The smallest absolute Gasteiger partial charge is 0.0962 e. The van der Waals surface area contributed by atoms with Crippen molar-refractivity contribution in [2.75, 3.05) is 0 Å². The van der Waals surface area contributed by atoms with Crippen LogP contribution >= 0.6 is 0 Å². The van der Waals surface area contributed by atoms with Crippen molar-refractivity contribution in [3.8, 4) is 6.07 Å². The van der Waals surface area contributed by atoms with E-state index in [0.29, 0.717) is 0 Å². The summed E-state index contributed by atoms with van der Waals surface area (Å²) in [7, 11) is 0. The minimum atomic E-state index is 0.737. The molecule has 0 aliphatic carbocycles. The zero-order valence-corrected chi connectivity index (χ0v) is 8.54. The second-order valence-electron chi connectivity index (χ2n) is 3.20. The standard InChI is InChI=1S/C12H14N2/c1-10(8-13)11(2)14-9-12-6-4-3-5-7-12/h3-7,14H,9H2,1-2H3/b11-10-. The quantitative estimate of drug-likeness (QED) is 0.736. The first-order valence-corrected chi connectivity index (χ1v) is 4.59. The van der Waals surface area contributed by atoms with Crippen LogP contribution in [0.3, 0.4) is 0 Å². The van der Waals surface area contributed by atoms with Gasteiger partial charge in [-0.2, -0.15) is 5.26 Å². The number of nitrogens with zero attached hydrogens (tertiary/aromatic N) is 1. The van der Waals surface area contributed by atoms with Crippen LogP contribution in [0.25, 0.3) is 0 Å². The first-order valence-electron chi connectivity index (χ1n) is 4.59. The molecule has 2 heteroatoms. The lowest BCUT2D eigenvalue weighted by atomic mass is 10.2. The molecule has 0 radical (unpaired) electrons. The van der Waals surface area contributed by atoms with E-state index in [1.807, 2.05) is 32.0 Å². The van der Waals surface area contributed by atoms with Gasteiger partial charge in [-0.3, -0.25) is 0 Å². The number of hydrogen-bond donors (Lipinski definition) is 1. The largest absolute Gasteiger partial charge is 0.384 e. The molecule has 0 unspecified atom stereocenters. The Morgan fingerprint density at radius 3 is 2.50 bits per heavy atom. The maximum Gasteiger partial charge on any atom is 0.0962 e. The number of rotatable bonds is 3. The molecule has 1 aromatic carbocycles. The van der Waals surface area contributed by atoms with E-state index < -0.39 is 0 Å². The summed E-state index contributed by atoms with van der Waals surface area (Å²) in [5.41, 5.74) is 2.90. The fourth-order valence-electron chi connectivity index (χ4n) is 1.05. The Labute approximate surface area is 84.9 Å². The SMILES string of the molecule is C/C(C#N)=C(\C)NCc1ccccc1. The fourth-order valence-corrected chi connectivity index (χ4v) is 1.05. The molecule has 1 aromatic rings. The van der Waals surface area contributed by atoms with Gasteiger partial charge in [-0.25, -0.2) is 0 Å². The second-order valence-corrected chi connectivity index (χ2v) is 3.20. The van der Waals surface area contributed by atoms with E-state index in [1.54, 1.807) is 0 Å². The van der Waals surface area contributed by atoms with Crippen LogP contribution in [0.4, 0.5) is 0 Å². The van der Waals surface area contributed by atoms with Gasteiger partial charge in [-0.15, -0.1) is 0 Å². The van der Waals surface area contributed by atoms with Gasteiger partial charge >= 0.3 is 0 Å². The lowest BCUT2D eigenvalue weighted by molar-refractivity contribution is 0.803. The average molecular weight is 186 g/mol. The Morgan fingerprint density at radius 1 is 1.29 bits per heavy atom. The highest BCUT2D eigenvalue weighted by atomic mass is 14.9. The third kappa shape index (κ3) is 2.95. The Bertz CT molecular complexity index is 358. The van der Waals surface area contributed by atoms with Crippen molar-refractivity contribution in [2.45, 2.75) is 20.4 Å². The molecule has 1 rings (SSSR count). The molecule has 0 atom stereocenters. The third-order valence-electron chi connectivity index (χ3n) is 2.13. The predicted octanol–water partition coefficient (Wildman–Crippen LogP) is 2.59. The van der Waals surface area contributed by atoms with Crippen molar-refractivity contribution in [1.82, 2.24) is 5.32 Å². The highest BCUT2D eigenvalue weighted by molar-refractivity contribution is 5.24. The molecule has 0 aliphatic rings. The molecule has 0 saturated carbocycles. The molecule has 0 bridgehead atoms. The van der Waals surface area contributed by atoms with Gasteiger partial charge in [0.2, 0.25) is 0 Å². The molecular weight excluding hydrogens is 172 g/mol. The van der Waals surface area contributed by atoms with Crippen molar-refractivity contribution < 1.29 is 0 Å². The Morgan fingerprint density at radius 2 is 1.93 bits per heavy atom. The molecule has 0 amide bonds. The maximum atomic E-state index is 8.65. The van der Waals surface area contributed by atoms with Crippen molar-refractivity contribution in [3.63, 3.8) is 0 Å². The van der Waals surface area contributed by atoms with Crippen LogP contribution in [0.1, 0.15) is 19.4 Å². The summed E-state index contributed by atoms with van der Waals surface area (Å²) in [6.45, 7) is 4.50. The molecular formula is C12H14N2. The predicted molar refractivity (Wildman–Crippen MR) is 57.3 cm³/mol. The van der Waals surface area contributed by atoms with Gasteiger partial charge in [0.15, 0.2) is 0 Å². The van der Waals surface area contributed by atoms with Gasteiger partial charge in [-0.1, -0.05) is 30.3 Å². The minimum Gasteiger partial charge on any atom is -0.384 e. The summed E-state index contributed by atoms with van der Waals surface area (Å²) < 4.78 is 0. The van der Waals surface area contributed by atoms with E-state index in [-0.39, 0.29) is 0 Å². The lowest BCUT2D eigenvalue weighted by Gasteiger charge is -2.06. The molecule has 0 aromatic heterocycles. The first-order chi connectivity index (χ1) is 6.74. The number of nitriles is 1. The van der Waals surface area contributed by atoms with Crippen molar-refractivity contribution >= 4 is 0 Å². The third-order valence-corrected chi connectivity index (χ3v) is 2.13. The van der Waals surface area contributed by atoms with Gasteiger partial charge in [0.25, 0.3) is 0 Å². The zero-order valence-electron chi connectivity index (χ0n) is 8.54. The fraction of sp³-hybridized carbons (Fsp3) is 0.250. The van der Waals surface area contributed by atoms with Crippen LogP contribution in [0, 0.1) is 11.3 Å². The van der Waals surface area contributed by atoms with Crippen LogP contribution < -0.4 is 5.32 Å². The lowest BCUT2D eigenvalue weighted by Crippen LogP contribution is -2.11. The summed E-state index contributed by atoms with van der Waals surface area (Å²) in [5, 5.41) is 11.9.